The van der Waals surface area contributed by atoms with Crippen molar-refractivity contribution in [3.63, 3.8) is 0 Å². The number of rotatable bonds is 3. The Morgan fingerprint density at radius 3 is 2.80 bits per heavy atom. The van der Waals surface area contributed by atoms with Crippen molar-refractivity contribution >= 4 is 5.91 Å². The lowest BCUT2D eigenvalue weighted by molar-refractivity contribution is -0.119. The van der Waals surface area contributed by atoms with Gasteiger partial charge in [-0.15, -0.1) is 0 Å². The van der Waals surface area contributed by atoms with Gasteiger partial charge in [-0.3, -0.25) is 14.7 Å². The molecule has 8 nitrogen and oxygen atoms in total. The second-order valence-electron chi connectivity index (χ2n) is 6.44. The lowest BCUT2D eigenvalue weighted by Gasteiger charge is -2.38. The van der Waals surface area contributed by atoms with E-state index in [0.29, 0.717) is 18.1 Å². The zero-order valence-corrected chi connectivity index (χ0v) is 13.6. The van der Waals surface area contributed by atoms with Crippen LogP contribution in [0.1, 0.15) is 6.42 Å². The molecule has 4 heterocycles. The average molecular weight is 353 g/mol. The van der Waals surface area contributed by atoms with Crippen molar-refractivity contribution < 1.29 is 13.6 Å². The molecule has 1 fully saturated rings. The number of nitrogens with one attached hydrogen (secondary N) is 5. The number of nitrogens with zero attached hydrogens (tertiary/aromatic N) is 2. The molecule has 0 aromatic heterocycles. The number of amides is 1. The first-order valence-corrected chi connectivity index (χ1v) is 8.32. The number of likely N-dealkylation sites (tertiary alicyclic amines) is 1. The van der Waals surface area contributed by atoms with Gasteiger partial charge in [0.25, 0.3) is 11.8 Å². The number of carbonyl (C=O) groups is 1. The number of carbonyl (C=O) groups excluding carboxylic acids is 1. The number of fused-ring (bicyclic) bond motifs is 1. The van der Waals surface area contributed by atoms with Crippen LogP contribution in [0.5, 0.6) is 0 Å². The third-order valence-corrected chi connectivity index (χ3v) is 4.58. The van der Waals surface area contributed by atoms with Crippen LogP contribution in [-0.2, 0) is 4.79 Å². The van der Waals surface area contributed by atoms with Crippen molar-refractivity contribution in [2.45, 2.75) is 24.7 Å². The molecule has 0 aliphatic carbocycles. The zero-order chi connectivity index (χ0) is 17.4. The van der Waals surface area contributed by atoms with Crippen LogP contribution in [-0.4, -0.2) is 60.2 Å². The van der Waals surface area contributed by atoms with Crippen LogP contribution < -0.4 is 26.7 Å². The van der Waals surface area contributed by atoms with Crippen LogP contribution >= 0.6 is 0 Å². The maximum atomic E-state index is 13.5. The maximum Gasteiger partial charge on any atom is 0.276 e. The minimum absolute atomic E-state index is 0.142. The van der Waals surface area contributed by atoms with Crippen LogP contribution in [0.4, 0.5) is 8.78 Å². The average Bonchev–Trinajstić information content (AvgIpc) is 3.18. The molecular formula is C15H21F2N7O. The third-order valence-electron chi connectivity index (χ3n) is 4.58. The topological polar surface area (TPSA) is 83.7 Å². The first-order chi connectivity index (χ1) is 12.0. The van der Waals surface area contributed by atoms with E-state index < -0.39 is 5.92 Å². The van der Waals surface area contributed by atoms with E-state index in [-0.39, 0.29) is 31.2 Å². The highest BCUT2D eigenvalue weighted by atomic mass is 19.3. The van der Waals surface area contributed by atoms with E-state index in [1.165, 1.54) is 0 Å². The number of hydrogen-bond donors (Lipinski definition) is 5. The minimum Gasteiger partial charge on any atom is -0.386 e. The minimum atomic E-state index is -2.65. The molecule has 1 saturated heterocycles. The van der Waals surface area contributed by atoms with Crippen molar-refractivity contribution in [2.75, 3.05) is 26.2 Å². The molecule has 136 valence electrons. The van der Waals surface area contributed by atoms with E-state index in [9.17, 15) is 13.6 Å². The molecule has 0 spiro atoms. The summed E-state index contributed by atoms with van der Waals surface area (Å²) in [7, 11) is 0. The Morgan fingerprint density at radius 2 is 2.08 bits per heavy atom. The summed E-state index contributed by atoms with van der Waals surface area (Å²) in [5.74, 6) is -2.34. The molecule has 0 aromatic carbocycles. The molecule has 4 aliphatic rings. The van der Waals surface area contributed by atoms with Crippen molar-refractivity contribution in [1.82, 2.24) is 36.6 Å². The number of hydrogen-bond acceptors (Lipinski definition) is 7. The zero-order valence-electron chi connectivity index (χ0n) is 13.6. The Labute approximate surface area is 143 Å². The molecule has 2 atom stereocenters. The molecule has 4 rings (SSSR count). The fourth-order valence-electron chi connectivity index (χ4n) is 3.29. The molecule has 25 heavy (non-hydrogen) atoms. The Kier molecular flexibility index (Phi) is 4.00. The maximum absolute atomic E-state index is 13.5. The van der Waals surface area contributed by atoms with Crippen LogP contribution in [0, 0.1) is 0 Å². The molecule has 1 amide bonds. The first kappa shape index (κ1) is 16.2. The van der Waals surface area contributed by atoms with Gasteiger partial charge >= 0.3 is 0 Å². The normalized spacial score (nSPS) is 30.6. The molecule has 5 N–H and O–H groups in total. The van der Waals surface area contributed by atoms with Crippen molar-refractivity contribution in [1.29, 1.82) is 0 Å². The molecule has 0 aromatic rings. The fourth-order valence-corrected chi connectivity index (χ4v) is 3.29. The van der Waals surface area contributed by atoms with Crippen LogP contribution in [0.2, 0.25) is 0 Å². The van der Waals surface area contributed by atoms with Gasteiger partial charge in [0.05, 0.1) is 12.7 Å². The van der Waals surface area contributed by atoms with Crippen molar-refractivity contribution in [3.8, 4) is 0 Å². The van der Waals surface area contributed by atoms with E-state index in [4.69, 9.17) is 0 Å². The fraction of sp³-hybridized carbons (Fsp3) is 0.533. The Bertz CT molecular complexity index is 648. The monoisotopic (exact) mass is 353 g/mol. The second kappa shape index (κ2) is 6.19. The first-order valence-electron chi connectivity index (χ1n) is 8.32. The Hall–Kier alpha value is -2.33. The van der Waals surface area contributed by atoms with Gasteiger partial charge in [0.15, 0.2) is 0 Å². The van der Waals surface area contributed by atoms with E-state index in [2.05, 4.69) is 26.7 Å². The summed E-state index contributed by atoms with van der Waals surface area (Å²) in [6.07, 6.45) is 6.32. The van der Waals surface area contributed by atoms with Gasteiger partial charge in [0.1, 0.15) is 17.7 Å². The summed E-state index contributed by atoms with van der Waals surface area (Å²) >= 11 is 0. The highest BCUT2D eigenvalue weighted by Crippen LogP contribution is 2.29. The quantitative estimate of drug-likeness (QED) is 0.413. The second-order valence-corrected chi connectivity index (χ2v) is 6.44. The van der Waals surface area contributed by atoms with Gasteiger partial charge in [-0.2, -0.15) is 0 Å². The summed E-state index contributed by atoms with van der Waals surface area (Å²) in [4.78, 5) is 14.2. The molecule has 2 unspecified atom stereocenters. The van der Waals surface area contributed by atoms with Crippen LogP contribution in [0.3, 0.4) is 0 Å². The van der Waals surface area contributed by atoms with E-state index in [1.54, 1.807) is 22.3 Å². The lowest BCUT2D eigenvalue weighted by atomic mass is 10.3. The summed E-state index contributed by atoms with van der Waals surface area (Å²) in [5.41, 5.74) is 3.56. The van der Waals surface area contributed by atoms with E-state index >= 15 is 0 Å². The van der Waals surface area contributed by atoms with Gasteiger partial charge in [-0.25, -0.2) is 14.2 Å². The van der Waals surface area contributed by atoms with Gasteiger partial charge in [0.2, 0.25) is 0 Å². The molecule has 0 bridgehead atoms. The van der Waals surface area contributed by atoms with E-state index in [1.807, 2.05) is 12.2 Å². The van der Waals surface area contributed by atoms with Gasteiger partial charge in [0, 0.05) is 38.5 Å². The van der Waals surface area contributed by atoms with E-state index in [0.717, 1.165) is 13.1 Å². The Morgan fingerprint density at radius 1 is 1.24 bits per heavy atom. The van der Waals surface area contributed by atoms with Gasteiger partial charge in [-0.1, -0.05) is 6.08 Å². The number of alkyl halides is 2. The molecule has 4 aliphatic heterocycles. The van der Waals surface area contributed by atoms with Crippen molar-refractivity contribution in [3.05, 3.63) is 36.1 Å². The molecule has 0 saturated carbocycles. The highest BCUT2D eigenvalue weighted by Gasteiger charge is 2.42. The molecule has 0 radical (unpaired) electrons. The lowest BCUT2D eigenvalue weighted by Crippen LogP contribution is -2.58. The van der Waals surface area contributed by atoms with Gasteiger partial charge < -0.3 is 21.3 Å². The SMILES string of the molecule is O=C(NC1=CNCCN1)C1=CNC2C=CC(N3CCC(F)(F)C3)NN12. The van der Waals surface area contributed by atoms with Gasteiger partial charge in [-0.05, 0) is 6.08 Å². The predicted molar refractivity (Wildman–Crippen MR) is 86.3 cm³/mol. The summed E-state index contributed by atoms with van der Waals surface area (Å²) in [6, 6.07) is 0. The number of halogens is 2. The third kappa shape index (κ3) is 3.27. The predicted octanol–water partition coefficient (Wildman–Crippen LogP) is -1.09. The van der Waals surface area contributed by atoms with Crippen molar-refractivity contribution in [2.24, 2.45) is 0 Å². The summed E-state index contributed by atoms with van der Waals surface area (Å²) < 4.78 is 26.9. The summed E-state index contributed by atoms with van der Waals surface area (Å²) in [5, 5.41) is 13.7. The standard InChI is InChI=1S/C15H21F2N7O/c16-15(17)3-6-23(9-15)13-2-1-12-20-7-10(24(12)22-13)14(25)21-11-8-18-4-5-19-11/h1-2,7-8,12-13,18-20,22H,3-6,9H2,(H,21,25). The molecular weight excluding hydrogens is 332 g/mol. The number of hydrazine groups is 1. The Balaban J connectivity index is 1.42. The summed E-state index contributed by atoms with van der Waals surface area (Å²) in [6.45, 7) is 1.55. The highest BCUT2D eigenvalue weighted by molar-refractivity contribution is 5.94. The van der Waals surface area contributed by atoms with Crippen LogP contribution in [0.15, 0.2) is 36.1 Å². The molecule has 10 heteroatoms. The smallest absolute Gasteiger partial charge is 0.276 e. The largest absolute Gasteiger partial charge is 0.386 e. The van der Waals surface area contributed by atoms with Crippen LogP contribution in [0.25, 0.3) is 0 Å².